The second-order valence-electron chi connectivity index (χ2n) is 3.32. The Hall–Kier alpha value is -1.39. The van der Waals surface area contributed by atoms with Gasteiger partial charge in [0.2, 0.25) is 0 Å². The van der Waals surface area contributed by atoms with Crippen molar-refractivity contribution >= 4 is 10.9 Å². The van der Waals surface area contributed by atoms with E-state index in [4.69, 9.17) is 10.8 Å². The molecule has 2 rings (SSSR count). The van der Waals surface area contributed by atoms with Crippen LogP contribution in [0.4, 0.5) is 0 Å². The number of benzene rings is 1. The number of nitrogens with two attached hydrogens (primary N) is 1. The SMILES string of the molecule is Cn1nc([C@@H](N)CO)c2ccccc21. The Morgan fingerprint density at radius 3 is 2.93 bits per heavy atom. The molecule has 0 saturated heterocycles. The van der Waals surface area contributed by atoms with Gasteiger partial charge in [0.25, 0.3) is 0 Å². The van der Waals surface area contributed by atoms with E-state index in [-0.39, 0.29) is 6.61 Å². The van der Waals surface area contributed by atoms with Gasteiger partial charge in [0, 0.05) is 12.4 Å². The average molecular weight is 191 g/mol. The minimum atomic E-state index is -0.402. The summed E-state index contributed by atoms with van der Waals surface area (Å²) in [6.45, 7) is -0.0823. The van der Waals surface area contributed by atoms with Crippen molar-refractivity contribution < 1.29 is 5.11 Å². The Kier molecular flexibility index (Phi) is 2.23. The highest BCUT2D eigenvalue weighted by Gasteiger charge is 2.13. The quantitative estimate of drug-likeness (QED) is 0.729. The summed E-state index contributed by atoms with van der Waals surface area (Å²) in [5, 5.41) is 14.3. The molecule has 74 valence electrons. The van der Waals surface area contributed by atoms with Gasteiger partial charge < -0.3 is 10.8 Å². The van der Waals surface area contributed by atoms with Gasteiger partial charge in [-0.2, -0.15) is 5.10 Å². The molecule has 1 aromatic carbocycles. The first-order valence-corrected chi connectivity index (χ1v) is 4.52. The summed E-state index contributed by atoms with van der Waals surface area (Å²) in [6.07, 6.45) is 0. The van der Waals surface area contributed by atoms with Gasteiger partial charge in [-0.15, -0.1) is 0 Å². The van der Waals surface area contributed by atoms with E-state index in [2.05, 4.69) is 5.10 Å². The monoisotopic (exact) mass is 191 g/mol. The largest absolute Gasteiger partial charge is 0.394 e. The first-order valence-electron chi connectivity index (χ1n) is 4.52. The molecule has 2 aromatic rings. The lowest BCUT2D eigenvalue weighted by Gasteiger charge is -2.03. The summed E-state index contributed by atoms with van der Waals surface area (Å²) in [4.78, 5) is 0. The Labute approximate surface area is 81.9 Å². The summed E-state index contributed by atoms with van der Waals surface area (Å²) >= 11 is 0. The molecule has 3 N–H and O–H groups in total. The van der Waals surface area contributed by atoms with Crippen molar-refractivity contribution in [2.24, 2.45) is 12.8 Å². The average Bonchev–Trinajstić information content (AvgIpc) is 2.56. The van der Waals surface area contributed by atoms with Crippen LogP contribution in [0.15, 0.2) is 24.3 Å². The molecule has 4 nitrogen and oxygen atoms in total. The van der Waals surface area contributed by atoms with E-state index in [0.29, 0.717) is 0 Å². The first kappa shape index (κ1) is 9.18. The number of hydrogen-bond acceptors (Lipinski definition) is 3. The van der Waals surface area contributed by atoms with E-state index in [1.165, 1.54) is 0 Å². The zero-order valence-corrected chi connectivity index (χ0v) is 8.01. The van der Waals surface area contributed by atoms with Crippen molar-refractivity contribution in [1.29, 1.82) is 0 Å². The smallest absolute Gasteiger partial charge is 0.0893 e. The lowest BCUT2D eigenvalue weighted by molar-refractivity contribution is 0.266. The molecular formula is C10H13N3O. The van der Waals surface area contributed by atoms with Crippen molar-refractivity contribution in [3.63, 3.8) is 0 Å². The third-order valence-electron chi connectivity index (χ3n) is 2.33. The van der Waals surface area contributed by atoms with Gasteiger partial charge in [-0.25, -0.2) is 0 Å². The number of aliphatic hydroxyl groups excluding tert-OH is 1. The molecule has 0 spiro atoms. The van der Waals surface area contributed by atoms with Crippen LogP contribution >= 0.6 is 0 Å². The number of nitrogens with zero attached hydrogens (tertiary/aromatic N) is 2. The highest BCUT2D eigenvalue weighted by atomic mass is 16.3. The second kappa shape index (κ2) is 3.40. The molecule has 0 aliphatic rings. The molecule has 0 unspecified atom stereocenters. The third-order valence-corrected chi connectivity index (χ3v) is 2.33. The molecule has 1 atom stereocenters. The zero-order valence-electron chi connectivity index (χ0n) is 8.01. The van der Waals surface area contributed by atoms with Gasteiger partial charge in [0.05, 0.1) is 23.9 Å². The fourth-order valence-corrected chi connectivity index (χ4v) is 1.60. The van der Waals surface area contributed by atoms with Crippen LogP contribution in [0.2, 0.25) is 0 Å². The van der Waals surface area contributed by atoms with E-state index < -0.39 is 6.04 Å². The van der Waals surface area contributed by atoms with Gasteiger partial charge in [-0.1, -0.05) is 18.2 Å². The first-order chi connectivity index (χ1) is 6.74. The maximum atomic E-state index is 8.98. The second-order valence-corrected chi connectivity index (χ2v) is 3.32. The van der Waals surface area contributed by atoms with Crippen LogP contribution in [0.3, 0.4) is 0 Å². The fourth-order valence-electron chi connectivity index (χ4n) is 1.60. The van der Waals surface area contributed by atoms with E-state index in [1.54, 1.807) is 4.68 Å². The van der Waals surface area contributed by atoms with Gasteiger partial charge in [0.15, 0.2) is 0 Å². The molecule has 0 bridgehead atoms. The van der Waals surface area contributed by atoms with Crippen molar-refractivity contribution in [2.75, 3.05) is 6.61 Å². The van der Waals surface area contributed by atoms with Crippen LogP contribution in [0, 0.1) is 0 Å². The van der Waals surface area contributed by atoms with E-state index in [0.717, 1.165) is 16.6 Å². The van der Waals surface area contributed by atoms with Crippen molar-refractivity contribution in [1.82, 2.24) is 9.78 Å². The van der Waals surface area contributed by atoms with E-state index >= 15 is 0 Å². The number of aryl methyl sites for hydroxylation is 1. The number of para-hydroxylation sites is 1. The maximum absolute atomic E-state index is 8.98. The number of aliphatic hydroxyl groups is 1. The molecule has 0 aliphatic heterocycles. The van der Waals surface area contributed by atoms with Crippen molar-refractivity contribution in [2.45, 2.75) is 6.04 Å². The zero-order chi connectivity index (χ0) is 10.1. The third kappa shape index (κ3) is 1.29. The molecule has 14 heavy (non-hydrogen) atoms. The molecule has 1 aromatic heterocycles. The summed E-state index contributed by atoms with van der Waals surface area (Å²) in [6, 6.07) is 7.44. The number of fused-ring (bicyclic) bond motifs is 1. The maximum Gasteiger partial charge on any atom is 0.0893 e. The molecular weight excluding hydrogens is 178 g/mol. The van der Waals surface area contributed by atoms with Gasteiger partial charge in [-0.3, -0.25) is 4.68 Å². The minimum absolute atomic E-state index is 0.0823. The van der Waals surface area contributed by atoms with Gasteiger partial charge in [0.1, 0.15) is 0 Å². The highest BCUT2D eigenvalue weighted by Crippen LogP contribution is 2.21. The summed E-state index contributed by atoms with van der Waals surface area (Å²) in [5.74, 6) is 0. The molecule has 0 aliphatic carbocycles. The Bertz CT molecular complexity index is 450. The van der Waals surface area contributed by atoms with E-state index in [1.807, 2.05) is 31.3 Å². The molecule has 4 heteroatoms. The minimum Gasteiger partial charge on any atom is -0.394 e. The lowest BCUT2D eigenvalue weighted by Crippen LogP contribution is -2.15. The Morgan fingerprint density at radius 2 is 2.21 bits per heavy atom. The Morgan fingerprint density at radius 1 is 1.50 bits per heavy atom. The van der Waals surface area contributed by atoms with Gasteiger partial charge in [-0.05, 0) is 6.07 Å². The predicted octanol–water partition coefficient (Wildman–Crippen LogP) is 0.565. The number of hydrogen-bond donors (Lipinski definition) is 2. The van der Waals surface area contributed by atoms with Crippen LogP contribution in [-0.4, -0.2) is 21.5 Å². The molecule has 0 amide bonds. The van der Waals surface area contributed by atoms with Crippen LogP contribution in [0.25, 0.3) is 10.9 Å². The van der Waals surface area contributed by atoms with Crippen LogP contribution in [0.5, 0.6) is 0 Å². The van der Waals surface area contributed by atoms with Crippen LogP contribution < -0.4 is 5.73 Å². The number of rotatable bonds is 2. The van der Waals surface area contributed by atoms with E-state index in [9.17, 15) is 0 Å². The Balaban J connectivity index is 2.66. The molecule has 1 heterocycles. The van der Waals surface area contributed by atoms with Crippen LogP contribution in [0.1, 0.15) is 11.7 Å². The summed E-state index contributed by atoms with van der Waals surface area (Å²) in [7, 11) is 1.87. The highest BCUT2D eigenvalue weighted by molar-refractivity contribution is 5.82. The van der Waals surface area contributed by atoms with Crippen molar-refractivity contribution in [3.05, 3.63) is 30.0 Å². The molecule has 0 radical (unpaired) electrons. The summed E-state index contributed by atoms with van der Waals surface area (Å²) < 4.78 is 1.78. The van der Waals surface area contributed by atoms with Crippen molar-refractivity contribution in [3.8, 4) is 0 Å². The standard InChI is InChI=1S/C10H13N3O/c1-13-9-5-3-2-4-7(9)10(12-13)8(11)6-14/h2-5,8,14H,6,11H2,1H3/t8-/m0/s1. The fraction of sp³-hybridized carbons (Fsp3) is 0.300. The normalized spacial score (nSPS) is 13.4. The number of aromatic nitrogens is 2. The molecule has 0 fully saturated rings. The topological polar surface area (TPSA) is 64.1 Å². The lowest BCUT2D eigenvalue weighted by atomic mass is 10.1. The van der Waals surface area contributed by atoms with Crippen LogP contribution in [-0.2, 0) is 7.05 Å². The predicted molar refractivity (Wildman–Crippen MR) is 54.7 cm³/mol. The van der Waals surface area contributed by atoms with Gasteiger partial charge >= 0.3 is 0 Å². The summed E-state index contributed by atoms with van der Waals surface area (Å²) in [5.41, 5.74) is 7.54. The molecule has 0 saturated carbocycles.